The lowest BCUT2D eigenvalue weighted by Gasteiger charge is -2.30. The highest BCUT2D eigenvalue weighted by molar-refractivity contribution is 7.25. The van der Waals surface area contributed by atoms with Crippen LogP contribution < -0.4 is 9.80 Å². The zero-order valence-electron chi connectivity index (χ0n) is 54.7. The van der Waals surface area contributed by atoms with Gasteiger partial charge in [0, 0.05) is 70.9 Å². The molecule has 2 aromatic heterocycles. The van der Waals surface area contributed by atoms with Crippen LogP contribution in [-0.4, -0.2) is 0 Å². The Balaban J connectivity index is 0.733. The third-order valence-corrected chi connectivity index (χ3v) is 20.6. The third-order valence-electron chi connectivity index (χ3n) is 19.5. The third kappa shape index (κ3) is 11.1. The summed E-state index contributed by atoms with van der Waals surface area (Å²) < 4.78 is 9.59. The zero-order valence-corrected chi connectivity index (χ0v) is 55.5. The van der Waals surface area contributed by atoms with E-state index in [4.69, 9.17) is 4.42 Å². The number of anilines is 6. The SMILES string of the molecule is c1ccc(-c2cccc(N(c3ccc4c(c3)oc3cc(-c5ccc(-c6cccc(N(c7ccc8c(c7)sc7ccccc78)c7cccc(-c8ccccc8)c7-c7ccccc7-c7ccccc7)c6)cc5)ccc34)c3cccc(-c4ccccc4)c3-c3ccccc3-c3ccccc3)c2)cc1. The molecule has 0 unspecified atom stereocenters. The molecule has 0 aliphatic carbocycles. The summed E-state index contributed by atoms with van der Waals surface area (Å²) in [5.74, 6) is 0. The number of thiophene rings is 1. The summed E-state index contributed by atoms with van der Waals surface area (Å²) in [4.78, 5) is 4.89. The molecule has 0 spiro atoms. The molecule has 0 fully saturated rings. The number of rotatable bonds is 15. The van der Waals surface area contributed by atoms with Crippen LogP contribution in [0.3, 0.4) is 0 Å². The fraction of sp³-hybridized carbons (Fsp3) is 0. The molecule has 0 bridgehead atoms. The second kappa shape index (κ2) is 25.9. The Morgan fingerprint density at radius 1 is 0.190 bits per heavy atom. The van der Waals surface area contributed by atoms with Gasteiger partial charge in [-0.3, -0.25) is 0 Å². The highest BCUT2D eigenvalue weighted by Crippen LogP contribution is 2.52. The van der Waals surface area contributed by atoms with Crippen molar-refractivity contribution in [3.63, 3.8) is 0 Å². The molecule has 4 heteroatoms. The van der Waals surface area contributed by atoms with Crippen molar-refractivity contribution in [1.29, 1.82) is 0 Å². The van der Waals surface area contributed by atoms with Crippen LogP contribution in [0.1, 0.15) is 0 Å². The Morgan fingerprint density at radius 3 is 1.03 bits per heavy atom. The molecule has 18 aromatic rings. The fourth-order valence-electron chi connectivity index (χ4n) is 14.8. The maximum Gasteiger partial charge on any atom is 0.137 e. The molecule has 0 amide bonds. The van der Waals surface area contributed by atoms with Gasteiger partial charge < -0.3 is 14.2 Å². The Kier molecular flexibility index (Phi) is 15.5. The molecule has 18 rings (SSSR count). The predicted molar refractivity (Wildman–Crippen MR) is 425 cm³/mol. The van der Waals surface area contributed by atoms with Gasteiger partial charge in [-0.05, 0) is 168 Å². The van der Waals surface area contributed by atoms with Crippen molar-refractivity contribution in [2.75, 3.05) is 9.80 Å². The van der Waals surface area contributed by atoms with Gasteiger partial charge in [-0.15, -0.1) is 11.3 Å². The van der Waals surface area contributed by atoms with Gasteiger partial charge in [-0.1, -0.05) is 303 Å². The summed E-state index contributed by atoms with van der Waals surface area (Å²) in [6, 6.07) is 141. The zero-order chi connectivity index (χ0) is 66.3. The molecule has 0 saturated heterocycles. The van der Waals surface area contributed by atoms with Crippen LogP contribution in [0.25, 0.3) is 142 Å². The standard InChI is InChI=1S/C96H64N2OS/c1-6-26-65(27-7-1)72-36-22-38-75(60-72)97(89-47-24-45-81(70-32-12-4-13-33-70)95(89)87-43-18-16-40-79(87)68-28-8-2-9-29-68)77-55-58-84-83-57-54-74(62-91(83)99-92(84)63-77)67-52-50-66(51-53-67)73-37-23-39-76(61-73)98(78-56-59-86-85-42-20-21-49-93(85)100-94(86)64-78)90-48-25-46-82(71-34-14-5-15-35-71)96(90)88-44-19-17-41-80(88)69-30-10-3-11-31-69/h1-64H. The van der Waals surface area contributed by atoms with Crippen molar-refractivity contribution in [3.05, 3.63) is 388 Å². The molecule has 0 saturated carbocycles. The van der Waals surface area contributed by atoms with Crippen molar-refractivity contribution in [2.45, 2.75) is 0 Å². The Bertz CT molecular complexity index is 6020. The van der Waals surface area contributed by atoms with Crippen LogP contribution in [0.2, 0.25) is 0 Å². The topological polar surface area (TPSA) is 19.6 Å². The van der Waals surface area contributed by atoms with E-state index in [2.05, 4.69) is 398 Å². The first-order chi connectivity index (χ1) is 49.6. The highest BCUT2D eigenvalue weighted by Gasteiger charge is 2.27. The van der Waals surface area contributed by atoms with Gasteiger partial charge in [0.25, 0.3) is 0 Å². The predicted octanol–water partition coefficient (Wildman–Crippen LogP) is 27.9. The summed E-state index contributed by atoms with van der Waals surface area (Å²) in [7, 11) is 0. The van der Waals surface area contributed by atoms with E-state index in [1.165, 1.54) is 31.3 Å². The normalized spacial score (nSPS) is 11.4. The largest absolute Gasteiger partial charge is 0.456 e. The second-order valence-electron chi connectivity index (χ2n) is 25.4. The van der Waals surface area contributed by atoms with E-state index < -0.39 is 0 Å². The van der Waals surface area contributed by atoms with Gasteiger partial charge in [-0.25, -0.2) is 0 Å². The molecular weight excluding hydrogens is 1230 g/mol. The van der Waals surface area contributed by atoms with Crippen LogP contribution in [0.5, 0.6) is 0 Å². The van der Waals surface area contributed by atoms with Crippen LogP contribution in [0.4, 0.5) is 34.1 Å². The molecule has 0 atom stereocenters. The van der Waals surface area contributed by atoms with Gasteiger partial charge in [0.05, 0.1) is 11.4 Å². The van der Waals surface area contributed by atoms with Crippen LogP contribution in [-0.2, 0) is 0 Å². The fourth-order valence-corrected chi connectivity index (χ4v) is 15.9. The molecule has 0 N–H and O–H groups in total. The van der Waals surface area contributed by atoms with E-state index in [1.807, 2.05) is 11.3 Å². The minimum Gasteiger partial charge on any atom is -0.456 e. The maximum absolute atomic E-state index is 7.06. The van der Waals surface area contributed by atoms with Gasteiger partial charge in [0.1, 0.15) is 11.2 Å². The average molecular weight is 1290 g/mol. The molecule has 0 aliphatic heterocycles. The summed E-state index contributed by atoms with van der Waals surface area (Å²) in [6.45, 7) is 0. The van der Waals surface area contributed by atoms with E-state index in [0.29, 0.717) is 0 Å². The first-order valence-corrected chi connectivity index (χ1v) is 34.9. The number of hydrogen-bond acceptors (Lipinski definition) is 4. The Hall–Kier alpha value is -12.9. The smallest absolute Gasteiger partial charge is 0.137 e. The van der Waals surface area contributed by atoms with Crippen molar-refractivity contribution < 1.29 is 4.42 Å². The summed E-state index contributed by atoms with van der Waals surface area (Å²) in [5.41, 5.74) is 28.5. The van der Waals surface area contributed by atoms with Gasteiger partial charge in [0.2, 0.25) is 0 Å². The van der Waals surface area contributed by atoms with Gasteiger partial charge in [0.15, 0.2) is 0 Å². The minimum absolute atomic E-state index is 0.812. The molecule has 0 aliphatic rings. The monoisotopic (exact) mass is 1290 g/mol. The number of furan rings is 1. The van der Waals surface area contributed by atoms with Crippen molar-refractivity contribution in [3.8, 4) is 100 Å². The lowest BCUT2D eigenvalue weighted by molar-refractivity contribution is 0.669. The molecular formula is C96H64N2OS. The van der Waals surface area contributed by atoms with Crippen LogP contribution in [0, 0.1) is 0 Å². The van der Waals surface area contributed by atoms with E-state index in [9.17, 15) is 0 Å². The van der Waals surface area contributed by atoms with E-state index in [0.717, 1.165) is 145 Å². The molecule has 100 heavy (non-hydrogen) atoms. The minimum atomic E-state index is 0.812. The maximum atomic E-state index is 7.06. The van der Waals surface area contributed by atoms with Crippen molar-refractivity contribution in [1.82, 2.24) is 0 Å². The molecule has 470 valence electrons. The lowest BCUT2D eigenvalue weighted by atomic mass is 9.87. The first-order valence-electron chi connectivity index (χ1n) is 34.1. The van der Waals surface area contributed by atoms with E-state index in [-0.39, 0.29) is 0 Å². The van der Waals surface area contributed by atoms with Crippen LogP contribution >= 0.6 is 11.3 Å². The Morgan fingerprint density at radius 2 is 0.520 bits per heavy atom. The molecule has 3 nitrogen and oxygen atoms in total. The lowest BCUT2D eigenvalue weighted by Crippen LogP contribution is -2.12. The van der Waals surface area contributed by atoms with Crippen LogP contribution in [0.15, 0.2) is 393 Å². The summed E-state index contributed by atoms with van der Waals surface area (Å²) in [5, 5.41) is 4.67. The second-order valence-corrected chi connectivity index (χ2v) is 26.5. The molecule has 16 aromatic carbocycles. The Labute approximate surface area is 586 Å². The quantitative estimate of drug-likeness (QED) is 0.102. The van der Waals surface area contributed by atoms with E-state index >= 15 is 0 Å². The van der Waals surface area contributed by atoms with E-state index in [1.54, 1.807) is 0 Å². The van der Waals surface area contributed by atoms with Gasteiger partial charge in [-0.2, -0.15) is 0 Å². The first kappa shape index (κ1) is 59.6. The van der Waals surface area contributed by atoms with Crippen molar-refractivity contribution in [2.24, 2.45) is 0 Å². The number of benzene rings is 16. The number of hydrogen-bond donors (Lipinski definition) is 0. The van der Waals surface area contributed by atoms with Gasteiger partial charge >= 0.3 is 0 Å². The number of fused-ring (bicyclic) bond motifs is 6. The van der Waals surface area contributed by atoms with Crippen molar-refractivity contribution >= 4 is 87.6 Å². The molecule has 0 radical (unpaired) electrons. The average Bonchev–Trinajstić information content (AvgIpc) is 1.10. The summed E-state index contributed by atoms with van der Waals surface area (Å²) >= 11 is 1.85. The molecule has 2 heterocycles. The highest BCUT2D eigenvalue weighted by atomic mass is 32.1. The number of nitrogens with zero attached hydrogens (tertiary/aromatic N) is 2. The summed E-state index contributed by atoms with van der Waals surface area (Å²) in [6.07, 6.45) is 0.